The molecule has 1 fully saturated rings. The molecule has 0 amide bonds. The number of hydrogen-bond donors (Lipinski definition) is 2. The molecule has 13 heavy (non-hydrogen) atoms. The second kappa shape index (κ2) is 6.02. The molecule has 0 spiro atoms. The van der Waals surface area contributed by atoms with Crippen molar-refractivity contribution in [3.8, 4) is 0 Å². The van der Waals surface area contributed by atoms with Crippen LogP contribution in [0.1, 0.15) is 38.5 Å². The number of rotatable bonds is 3. The first-order valence-electron chi connectivity index (χ1n) is 4.51. The molecule has 0 saturated heterocycles. The third-order valence-electron chi connectivity index (χ3n) is 2.78. The molecule has 1 saturated carbocycles. The monoisotopic (exact) mass is 195 g/mol. The predicted octanol–water partition coefficient (Wildman–Crippen LogP) is -1.59. The van der Waals surface area contributed by atoms with Crippen molar-refractivity contribution in [3.63, 3.8) is 0 Å². The molecule has 2 N–H and O–H groups in total. The third kappa shape index (κ3) is 3.98. The van der Waals surface area contributed by atoms with E-state index < -0.39 is 5.97 Å². The predicted molar refractivity (Wildman–Crippen MR) is 44.9 cm³/mol. The largest absolute Gasteiger partial charge is 1.00 e. The number of aliphatic carboxylic acids is 1. The molecule has 3 nitrogen and oxygen atoms in total. The molecular weight excluding hydrogens is 179 g/mol. The fourth-order valence-electron chi connectivity index (χ4n) is 2.01. The molecule has 0 aromatic rings. The van der Waals surface area contributed by atoms with Crippen molar-refractivity contribution < 1.29 is 44.6 Å². The Kier molecular flexibility index (Phi) is 6.21. The molecule has 0 aliphatic heterocycles. The van der Waals surface area contributed by atoms with Gasteiger partial charge >= 0.3 is 35.5 Å². The molecule has 0 atom stereocenters. The number of carboxylic acid groups (broad SMARTS) is 1. The fourth-order valence-corrected chi connectivity index (χ4v) is 2.01. The van der Waals surface area contributed by atoms with Gasteiger partial charge in [-0.2, -0.15) is 0 Å². The van der Waals surface area contributed by atoms with Crippen molar-refractivity contribution in [1.82, 2.24) is 0 Å². The van der Waals surface area contributed by atoms with Gasteiger partial charge in [0.2, 0.25) is 0 Å². The van der Waals surface area contributed by atoms with Crippen LogP contribution in [-0.4, -0.2) is 22.8 Å². The fraction of sp³-hybridized carbons (Fsp3) is 0.889. The van der Waals surface area contributed by atoms with Crippen LogP contribution in [0, 0.1) is 5.41 Å². The van der Waals surface area contributed by atoms with Crippen LogP contribution in [0.15, 0.2) is 0 Å². The Hall–Kier alpha value is 0.430. The minimum absolute atomic E-state index is 0. The van der Waals surface area contributed by atoms with E-state index in [0.717, 1.165) is 25.7 Å². The average Bonchev–Trinajstić information content (AvgIpc) is 2.05. The van der Waals surface area contributed by atoms with Crippen LogP contribution >= 0.6 is 0 Å². The van der Waals surface area contributed by atoms with Gasteiger partial charge in [0.25, 0.3) is 0 Å². The molecule has 1 aliphatic rings. The number of aliphatic hydroxyl groups is 1. The first-order chi connectivity index (χ1) is 5.68. The number of carbonyl (C=O) groups is 1. The van der Waals surface area contributed by atoms with Crippen LogP contribution in [0.5, 0.6) is 0 Å². The van der Waals surface area contributed by atoms with Gasteiger partial charge in [0.15, 0.2) is 0 Å². The van der Waals surface area contributed by atoms with E-state index in [9.17, 15) is 4.79 Å². The summed E-state index contributed by atoms with van der Waals surface area (Å²) >= 11 is 0. The summed E-state index contributed by atoms with van der Waals surface area (Å²) in [5.41, 5.74) is -0.302. The van der Waals surface area contributed by atoms with Crippen molar-refractivity contribution >= 4 is 5.97 Å². The maximum absolute atomic E-state index is 10.5. The Morgan fingerprint density at radius 2 is 1.77 bits per heavy atom. The Morgan fingerprint density at radius 1 is 1.23 bits per heavy atom. The molecular formula is C9H16NaO3+. The molecule has 70 valence electrons. The topological polar surface area (TPSA) is 57.5 Å². The number of aliphatic hydroxyl groups excluding tert-OH is 1. The summed E-state index contributed by atoms with van der Waals surface area (Å²) in [6.07, 6.45) is 5.18. The van der Waals surface area contributed by atoms with Crippen molar-refractivity contribution in [2.45, 2.75) is 38.5 Å². The number of carboxylic acids is 1. The third-order valence-corrected chi connectivity index (χ3v) is 2.78. The Morgan fingerprint density at radius 3 is 2.15 bits per heavy atom. The van der Waals surface area contributed by atoms with Gasteiger partial charge in [0.05, 0.1) is 6.42 Å². The zero-order chi connectivity index (χ0) is 9.03. The Balaban J connectivity index is 0.00000144. The summed E-state index contributed by atoms with van der Waals surface area (Å²) in [7, 11) is 0. The van der Waals surface area contributed by atoms with Crippen LogP contribution < -0.4 is 29.6 Å². The van der Waals surface area contributed by atoms with Crippen molar-refractivity contribution in [2.24, 2.45) is 5.41 Å². The summed E-state index contributed by atoms with van der Waals surface area (Å²) in [6, 6.07) is 0. The maximum atomic E-state index is 10.5. The Bertz CT molecular complexity index is 164. The molecule has 0 bridgehead atoms. The van der Waals surface area contributed by atoms with E-state index in [1.54, 1.807) is 0 Å². The maximum Gasteiger partial charge on any atom is 1.00 e. The smallest absolute Gasteiger partial charge is 0.481 e. The zero-order valence-electron chi connectivity index (χ0n) is 8.25. The standard InChI is InChI=1S/C9H16O3.Na/c10-7-9(6-8(11)12)4-2-1-3-5-9;/h10H,1-7H2,(H,11,12);/q;+1. The second-order valence-electron chi connectivity index (χ2n) is 3.79. The van der Waals surface area contributed by atoms with Crippen molar-refractivity contribution in [1.29, 1.82) is 0 Å². The first kappa shape index (κ1) is 13.4. The Labute approximate surface area is 101 Å². The summed E-state index contributed by atoms with van der Waals surface area (Å²) in [4.78, 5) is 10.5. The van der Waals surface area contributed by atoms with Gasteiger partial charge in [0, 0.05) is 12.0 Å². The van der Waals surface area contributed by atoms with E-state index in [2.05, 4.69) is 0 Å². The summed E-state index contributed by atoms with van der Waals surface area (Å²) in [5.74, 6) is -0.786. The van der Waals surface area contributed by atoms with Gasteiger partial charge < -0.3 is 10.2 Å². The minimum Gasteiger partial charge on any atom is -0.481 e. The summed E-state index contributed by atoms with van der Waals surface area (Å²) in [5, 5.41) is 17.8. The van der Waals surface area contributed by atoms with Gasteiger partial charge in [-0.1, -0.05) is 19.3 Å². The normalized spacial score (nSPS) is 20.4. The van der Waals surface area contributed by atoms with Gasteiger partial charge in [-0.3, -0.25) is 4.79 Å². The van der Waals surface area contributed by atoms with Crippen LogP contribution in [0.25, 0.3) is 0 Å². The molecule has 0 aromatic heterocycles. The van der Waals surface area contributed by atoms with E-state index in [-0.39, 0.29) is 48.0 Å². The SMILES string of the molecule is O=C(O)CC1(CO)CCCCC1.[Na+]. The molecule has 4 heteroatoms. The zero-order valence-corrected chi connectivity index (χ0v) is 10.3. The first-order valence-corrected chi connectivity index (χ1v) is 4.51. The van der Waals surface area contributed by atoms with Gasteiger partial charge in [-0.15, -0.1) is 0 Å². The van der Waals surface area contributed by atoms with Crippen LogP contribution in [-0.2, 0) is 4.79 Å². The van der Waals surface area contributed by atoms with Gasteiger partial charge in [-0.05, 0) is 12.8 Å². The van der Waals surface area contributed by atoms with Crippen molar-refractivity contribution in [2.75, 3.05) is 6.61 Å². The van der Waals surface area contributed by atoms with E-state index in [4.69, 9.17) is 10.2 Å². The van der Waals surface area contributed by atoms with E-state index >= 15 is 0 Å². The number of hydrogen-bond acceptors (Lipinski definition) is 2. The summed E-state index contributed by atoms with van der Waals surface area (Å²) in [6.45, 7) is 0.0271. The van der Waals surface area contributed by atoms with E-state index in [0.29, 0.717) is 0 Å². The molecule has 0 heterocycles. The quantitative estimate of drug-likeness (QED) is 0.534. The van der Waals surface area contributed by atoms with E-state index in [1.807, 2.05) is 0 Å². The minimum atomic E-state index is -0.786. The molecule has 1 aliphatic carbocycles. The summed E-state index contributed by atoms with van der Waals surface area (Å²) < 4.78 is 0. The molecule has 0 aromatic carbocycles. The van der Waals surface area contributed by atoms with Gasteiger partial charge in [-0.25, -0.2) is 0 Å². The van der Waals surface area contributed by atoms with Crippen LogP contribution in [0.3, 0.4) is 0 Å². The molecule has 1 rings (SSSR count). The van der Waals surface area contributed by atoms with Crippen LogP contribution in [0.2, 0.25) is 0 Å². The molecule has 0 unspecified atom stereocenters. The van der Waals surface area contributed by atoms with Crippen LogP contribution in [0.4, 0.5) is 0 Å². The molecule has 0 radical (unpaired) electrons. The van der Waals surface area contributed by atoms with Gasteiger partial charge in [0.1, 0.15) is 0 Å². The average molecular weight is 195 g/mol. The van der Waals surface area contributed by atoms with E-state index in [1.165, 1.54) is 6.42 Å². The second-order valence-corrected chi connectivity index (χ2v) is 3.79. The van der Waals surface area contributed by atoms with Crippen molar-refractivity contribution in [3.05, 3.63) is 0 Å².